The molecule has 2 heterocycles. The highest BCUT2D eigenvalue weighted by Crippen LogP contribution is 2.58. The van der Waals surface area contributed by atoms with Gasteiger partial charge in [0.15, 0.2) is 17.2 Å². The van der Waals surface area contributed by atoms with Crippen molar-refractivity contribution in [2.75, 3.05) is 20.8 Å². The Morgan fingerprint density at radius 3 is 2.47 bits per heavy atom. The summed E-state index contributed by atoms with van der Waals surface area (Å²) in [6.45, 7) is 1.87. The number of rotatable bonds is 5. The van der Waals surface area contributed by atoms with Gasteiger partial charge in [0, 0.05) is 58.0 Å². The fourth-order valence-electron chi connectivity index (χ4n) is 7.46. The van der Waals surface area contributed by atoms with Crippen LogP contribution in [0.1, 0.15) is 64.7 Å². The van der Waals surface area contributed by atoms with Gasteiger partial charge in [0.25, 0.3) is 0 Å². The Morgan fingerprint density at radius 1 is 1.12 bits per heavy atom. The number of Topliss-reactive ketones (excluding diaryl/α,β-unsaturated/α-hetero) is 2. The lowest BCUT2D eigenvalue weighted by atomic mass is 9.68. The highest BCUT2D eigenvalue weighted by molar-refractivity contribution is 6.22. The smallest absolute Gasteiger partial charge is 0.187 e. The van der Waals surface area contributed by atoms with Crippen LogP contribution >= 0.6 is 11.6 Å². The number of methoxy groups -OCH3 is 2. The number of aliphatic hydroxyl groups excluding tert-OH is 1. The van der Waals surface area contributed by atoms with Gasteiger partial charge >= 0.3 is 0 Å². The first-order chi connectivity index (χ1) is 16.3. The van der Waals surface area contributed by atoms with Crippen LogP contribution in [0.2, 0.25) is 0 Å². The topological polar surface area (TPSA) is 91.3 Å². The Hall–Kier alpha value is -0.990. The summed E-state index contributed by atoms with van der Waals surface area (Å²) in [6.07, 6.45) is 5.76. The molecule has 190 valence electrons. The van der Waals surface area contributed by atoms with E-state index in [2.05, 4.69) is 0 Å². The molecule has 1 saturated heterocycles. The van der Waals surface area contributed by atoms with Crippen LogP contribution in [0.5, 0.6) is 0 Å². The van der Waals surface area contributed by atoms with Crippen LogP contribution in [0.15, 0.2) is 11.3 Å². The number of carbonyl (C=O) groups is 2. The minimum atomic E-state index is -1.35. The molecule has 0 aromatic rings. The summed E-state index contributed by atoms with van der Waals surface area (Å²) >= 11 is 6.81. The Balaban J connectivity index is 1.56. The molecule has 2 aliphatic heterocycles. The van der Waals surface area contributed by atoms with Crippen molar-refractivity contribution in [1.82, 2.24) is 0 Å². The van der Waals surface area contributed by atoms with Gasteiger partial charge in [-0.2, -0.15) is 0 Å². The number of hydrogen-bond donors (Lipinski definition) is 1. The molecule has 3 fully saturated rings. The molecule has 0 aromatic heterocycles. The van der Waals surface area contributed by atoms with E-state index in [1.54, 1.807) is 14.2 Å². The number of alkyl halides is 1. The Morgan fingerprint density at radius 2 is 1.82 bits per heavy atom. The molecular formula is C26H37ClO7. The molecule has 3 aliphatic carbocycles. The average molecular weight is 497 g/mol. The van der Waals surface area contributed by atoms with Crippen LogP contribution in [-0.2, 0) is 28.5 Å². The predicted molar refractivity (Wildman–Crippen MR) is 124 cm³/mol. The van der Waals surface area contributed by atoms with Crippen molar-refractivity contribution in [3.05, 3.63) is 11.3 Å². The van der Waals surface area contributed by atoms with E-state index in [0.717, 1.165) is 25.7 Å². The minimum absolute atomic E-state index is 0.0236. The van der Waals surface area contributed by atoms with E-state index in [1.165, 1.54) is 6.42 Å². The maximum absolute atomic E-state index is 14.3. The van der Waals surface area contributed by atoms with E-state index >= 15 is 0 Å². The number of hydrogen-bond acceptors (Lipinski definition) is 7. The third-order valence-corrected chi connectivity index (χ3v) is 9.81. The van der Waals surface area contributed by atoms with Crippen molar-refractivity contribution in [2.45, 2.75) is 99.6 Å². The fraction of sp³-hybridized carbons (Fsp3) is 0.846. The molecule has 0 aromatic carbocycles. The second-order valence-electron chi connectivity index (χ2n) is 10.9. The third kappa shape index (κ3) is 3.45. The molecule has 5 rings (SSSR count). The summed E-state index contributed by atoms with van der Waals surface area (Å²) in [6, 6.07) is 0. The van der Waals surface area contributed by atoms with Crippen LogP contribution < -0.4 is 0 Å². The van der Waals surface area contributed by atoms with Crippen molar-refractivity contribution in [3.63, 3.8) is 0 Å². The first-order valence-corrected chi connectivity index (χ1v) is 13.2. The number of ether oxygens (including phenoxy) is 4. The maximum Gasteiger partial charge on any atom is 0.187 e. The summed E-state index contributed by atoms with van der Waals surface area (Å²) in [5, 5.41) is 9.47. The van der Waals surface area contributed by atoms with Gasteiger partial charge in [0.05, 0.1) is 29.6 Å². The van der Waals surface area contributed by atoms with Gasteiger partial charge in [-0.05, 0) is 18.8 Å². The fourth-order valence-corrected chi connectivity index (χ4v) is 7.87. The van der Waals surface area contributed by atoms with Crippen LogP contribution in [0.3, 0.4) is 0 Å². The average Bonchev–Trinajstić information content (AvgIpc) is 3.38. The van der Waals surface area contributed by atoms with E-state index in [-0.39, 0.29) is 48.6 Å². The quantitative estimate of drug-likeness (QED) is 0.583. The van der Waals surface area contributed by atoms with Gasteiger partial charge in [-0.3, -0.25) is 9.59 Å². The van der Waals surface area contributed by atoms with Crippen molar-refractivity contribution >= 4 is 23.2 Å². The summed E-state index contributed by atoms with van der Waals surface area (Å²) in [5.41, 5.74) is -1.44. The standard InChI is InChI=1S/C26H37ClO7/c1-14-11-17(29)16-13-25(9-10-28,15-7-5-4-6-8-15)34-24(16)26(14)23(30)20-18(31-2)12-19(32-3)21(27)22(20)33-26/h14-15,18-22,28H,4-13H2,1-3H3/t14-,18?,19?,20?,21?,22?,25-,26-/m1/s1. The lowest BCUT2D eigenvalue weighted by molar-refractivity contribution is -0.155. The number of aliphatic hydroxyl groups is 1. The lowest BCUT2D eigenvalue weighted by Gasteiger charge is -2.42. The van der Waals surface area contributed by atoms with Gasteiger partial charge < -0.3 is 24.1 Å². The summed E-state index contributed by atoms with van der Waals surface area (Å²) in [4.78, 5) is 27.5. The second-order valence-corrected chi connectivity index (χ2v) is 11.4. The zero-order valence-corrected chi connectivity index (χ0v) is 21.1. The van der Waals surface area contributed by atoms with Crippen LogP contribution in [-0.4, -0.2) is 72.4 Å². The molecular weight excluding hydrogens is 460 g/mol. The molecule has 8 atom stereocenters. The molecule has 1 spiro atoms. The van der Waals surface area contributed by atoms with Gasteiger partial charge in [-0.1, -0.05) is 26.2 Å². The van der Waals surface area contributed by atoms with E-state index < -0.39 is 28.6 Å². The van der Waals surface area contributed by atoms with E-state index in [1.807, 2.05) is 6.92 Å². The summed E-state index contributed by atoms with van der Waals surface area (Å²) in [5.74, 6) is -0.369. The van der Waals surface area contributed by atoms with Crippen LogP contribution in [0.25, 0.3) is 0 Å². The van der Waals surface area contributed by atoms with Crippen molar-refractivity contribution < 1.29 is 33.6 Å². The summed E-state index contributed by atoms with van der Waals surface area (Å²) < 4.78 is 24.8. The van der Waals surface area contributed by atoms with Gasteiger partial charge in [0.2, 0.25) is 0 Å². The molecule has 1 N–H and O–H groups in total. The molecule has 5 unspecified atom stereocenters. The largest absolute Gasteiger partial charge is 0.487 e. The predicted octanol–water partition coefficient (Wildman–Crippen LogP) is 3.34. The number of carbonyl (C=O) groups excluding carboxylic acids is 2. The van der Waals surface area contributed by atoms with Crippen molar-refractivity contribution in [3.8, 4) is 0 Å². The molecule has 2 saturated carbocycles. The number of ketones is 2. The molecule has 8 heteroatoms. The SMILES string of the molecule is COC1CC(OC)C2C(=O)[C@@]3(OC2C1Cl)C1=C(C[C@](CCO)(C2CCCCC2)O1)C(=O)C[C@H]3C. The molecule has 0 bridgehead atoms. The van der Waals surface area contributed by atoms with Gasteiger partial charge in [-0.25, -0.2) is 0 Å². The normalized spacial score (nSPS) is 45.0. The highest BCUT2D eigenvalue weighted by atomic mass is 35.5. The first kappa shape index (κ1) is 24.7. The van der Waals surface area contributed by atoms with E-state index in [0.29, 0.717) is 30.6 Å². The molecule has 0 radical (unpaired) electrons. The van der Waals surface area contributed by atoms with Crippen LogP contribution in [0, 0.1) is 17.8 Å². The monoisotopic (exact) mass is 496 g/mol. The minimum Gasteiger partial charge on any atom is -0.487 e. The zero-order valence-electron chi connectivity index (χ0n) is 20.4. The van der Waals surface area contributed by atoms with E-state index in [9.17, 15) is 14.7 Å². The second kappa shape index (κ2) is 9.15. The maximum atomic E-state index is 14.3. The molecule has 5 aliphatic rings. The molecule has 0 amide bonds. The van der Waals surface area contributed by atoms with Crippen molar-refractivity contribution in [1.29, 1.82) is 0 Å². The highest BCUT2D eigenvalue weighted by Gasteiger charge is 2.70. The lowest BCUT2D eigenvalue weighted by Crippen LogP contribution is -2.52. The molecule has 34 heavy (non-hydrogen) atoms. The third-order valence-electron chi connectivity index (χ3n) is 9.28. The Bertz CT molecular complexity index is 867. The number of halogens is 1. The van der Waals surface area contributed by atoms with Crippen LogP contribution in [0.4, 0.5) is 0 Å². The van der Waals surface area contributed by atoms with Gasteiger partial charge in [-0.15, -0.1) is 11.6 Å². The van der Waals surface area contributed by atoms with Gasteiger partial charge in [0.1, 0.15) is 11.4 Å². The van der Waals surface area contributed by atoms with E-state index in [4.69, 9.17) is 30.5 Å². The molecule has 7 nitrogen and oxygen atoms in total. The Kier molecular flexibility index (Phi) is 6.64. The zero-order chi connectivity index (χ0) is 24.3. The Labute approximate surface area is 206 Å². The van der Waals surface area contributed by atoms with Crippen molar-refractivity contribution in [2.24, 2.45) is 17.8 Å². The first-order valence-electron chi connectivity index (χ1n) is 12.8. The number of fused-ring (bicyclic) bond motifs is 2. The summed E-state index contributed by atoms with van der Waals surface area (Å²) in [7, 11) is 3.21.